The third-order valence-electron chi connectivity index (χ3n) is 3.57. The molecule has 0 heterocycles. The number of hydrogen-bond acceptors (Lipinski definition) is 4. The van der Waals surface area contributed by atoms with Gasteiger partial charge in [0.15, 0.2) is 5.84 Å². The van der Waals surface area contributed by atoms with E-state index in [1.165, 1.54) is 0 Å². The van der Waals surface area contributed by atoms with E-state index in [4.69, 9.17) is 15.7 Å². The van der Waals surface area contributed by atoms with Crippen LogP contribution in [0.5, 0.6) is 0 Å². The zero-order chi connectivity index (χ0) is 15.2. The number of rotatable bonds is 4. The van der Waals surface area contributed by atoms with Crippen molar-refractivity contribution in [2.75, 3.05) is 6.61 Å². The number of hydrogen-bond donors (Lipinski definition) is 3. The Morgan fingerprint density at radius 3 is 2.30 bits per heavy atom. The number of amidine groups is 1. The number of oxime groups is 1. The predicted molar refractivity (Wildman–Crippen MR) is 77.7 cm³/mol. The largest absolute Gasteiger partial charge is 0.409 e. The summed E-state index contributed by atoms with van der Waals surface area (Å²) in [5, 5.41) is 15.0. The van der Waals surface area contributed by atoms with Crippen molar-refractivity contribution < 1.29 is 14.7 Å². The van der Waals surface area contributed by atoms with Crippen LogP contribution in [0.3, 0.4) is 0 Å². The summed E-state index contributed by atoms with van der Waals surface area (Å²) in [5.74, 6) is -0.142. The highest BCUT2D eigenvalue weighted by molar-refractivity contribution is 5.94. The Labute approximate surface area is 120 Å². The second kappa shape index (κ2) is 6.92. The molecule has 6 heteroatoms. The third kappa shape index (κ3) is 5.00. The summed E-state index contributed by atoms with van der Waals surface area (Å²) in [6.07, 6.45) is 5.52. The SMILES string of the molecule is CC(C)(C)OCC(=O)NC1(C(N)=NO)CCCCCC1. The molecule has 0 aromatic rings. The lowest BCUT2D eigenvalue weighted by molar-refractivity contribution is -0.132. The van der Waals surface area contributed by atoms with E-state index < -0.39 is 5.54 Å². The molecular formula is C14H27N3O3. The lowest BCUT2D eigenvalue weighted by Gasteiger charge is -2.33. The average Bonchev–Trinajstić information content (AvgIpc) is 2.61. The van der Waals surface area contributed by atoms with Crippen LogP contribution in [0.2, 0.25) is 0 Å². The van der Waals surface area contributed by atoms with Crippen molar-refractivity contribution in [1.29, 1.82) is 0 Å². The fourth-order valence-corrected chi connectivity index (χ4v) is 2.46. The van der Waals surface area contributed by atoms with Gasteiger partial charge in [0.1, 0.15) is 12.1 Å². The van der Waals surface area contributed by atoms with Gasteiger partial charge in [-0.05, 0) is 33.6 Å². The van der Waals surface area contributed by atoms with Crippen LogP contribution in [0.1, 0.15) is 59.3 Å². The molecule has 0 unspecified atom stereocenters. The molecule has 0 aromatic heterocycles. The normalized spacial score (nSPS) is 20.2. The minimum Gasteiger partial charge on any atom is -0.409 e. The molecule has 0 spiro atoms. The molecule has 4 N–H and O–H groups in total. The molecule has 0 saturated heterocycles. The van der Waals surface area contributed by atoms with Crippen molar-refractivity contribution in [1.82, 2.24) is 5.32 Å². The van der Waals surface area contributed by atoms with E-state index in [1.807, 2.05) is 20.8 Å². The fraction of sp³-hybridized carbons (Fsp3) is 0.857. The Morgan fingerprint density at radius 1 is 1.30 bits per heavy atom. The Kier molecular flexibility index (Phi) is 5.80. The monoisotopic (exact) mass is 285 g/mol. The van der Waals surface area contributed by atoms with E-state index in [0.717, 1.165) is 25.7 Å². The topological polar surface area (TPSA) is 96.9 Å². The van der Waals surface area contributed by atoms with Crippen LogP contribution in [0.4, 0.5) is 0 Å². The van der Waals surface area contributed by atoms with Crippen molar-refractivity contribution in [3.63, 3.8) is 0 Å². The van der Waals surface area contributed by atoms with E-state index in [9.17, 15) is 4.79 Å². The molecule has 1 rings (SSSR count). The second-order valence-corrected chi connectivity index (χ2v) is 6.43. The van der Waals surface area contributed by atoms with Gasteiger partial charge in [-0.15, -0.1) is 0 Å². The number of amides is 1. The van der Waals surface area contributed by atoms with Gasteiger partial charge in [-0.3, -0.25) is 4.79 Å². The van der Waals surface area contributed by atoms with Gasteiger partial charge in [0.2, 0.25) is 5.91 Å². The number of ether oxygens (including phenoxy) is 1. The quantitative estimate of drug-likeness (QED) is 0.241. The molecule has 0 aromatic carbocycles. The third-order valence-corrected chi connectivity index (χ3v) is 3.57. The molecule has 116 valence electrons. The molecular weight excluding hydrogens is 258 g/mol. The van der Waals surface area contributed by atoms with Crippen LogP contribution in [-0.4, -0.2) is 34.7 Å². The zero-order valence-corrected chi connectivity index (χ0v) is 12.7. The minimum absolute atomic E-state index is 0.0239. The van der Waals surface area contributed by atoms with Crippen molar-refractivity contribution in [3.05, 3.63) is 0 Å². The first kappa shape index (κ1) is 16.8. The molecule has 1 aliphatic carbocycles. The van der Waals surface area contributed by atoms with Gasteiger partial charge in [-0.2, -0.15) is 0 Å². The molecule has 0 bridgehead atoms. The van der Waals surface area contributed by atoms with Crippen LogP contribution in [-0.2, 0) is 9.53 Å². The van der Waals surface area contributed by atoms with Gasteiger partial charge in [-0.25, -0.2) is 0 Å². The zero-order valence-electron chi connectivity index (χ0n) is 12.7. The van der Waals surface area contributed by atoms with Gasteiger partial charge in [0.05, 0.1) is 5.60 Å². The van der Waals surface area contributed by atoms with Gasteiger partial charge in [0, 0.05) is 0 Å². The highest BCUT2D eigenvalue weighted by atomic mass is 16.5. The number of nitrogens with zero attached hydrogens (tertiary/aromatic N) is 1. The number of carbonyl (C=O) groups excluding carboxylic acids is 1. The van der Waals surface area contributed by atoms with Crippen LogP contribution in [0.25, 0.3) is 0 Å². The van der Waals surface area contributed by atoms with Crippen LogP contribution in [0.15, 0.2) is 5.16 Å². The summed E-state index contributed by atoms with van der Waals surface area (Å²) in [6.45, 7) is 5.66. The average molecular weight is 285 g/mol. The standard InChI is InChI=1S/C14H27N3O3/c1-13(2,3)20-10-11(18)16-14(12(15)17-19)8-6-4-5-7-9-14/h19H,4-10H2,1-3H3,(H2,15,17)(H,16,18). The van der Waals surface area contributed by atoms with Gasteiger partial charge < -0.3 is 21.0 Å². The highest BCUT2D eigenvalue weighted by Gasteiger charge is 2.37. The number of carbonyl (C=O) groups is 1. The van der Waals surface area contributed by atoms with Crippen molar-refractivity contribution >= 4 is 11.7 Å². The van der Waals surface area contributed by atoms with Crippen molar-refractivity contribution in [3.8, 4) is 0 Å². The van der Waals surface area contributed by atoms with Gasteiger partial charge in [0.25, 0.3) is 0 Å². The number of nitrogens with one attached hydrogen (secondary N) is 1. The van der Waals surface area contributed by atoms with E-state index in [-0.39, 0.29) is 24.0 Å². The summed E-state index contributed by atoms with van der Waals surface area (Å²) < 4.78 is 5.47. The summed E-state index contributed by atoms with van der Waals surface area (Å²) in [7, 11) is 0. The van der Waals surface area contributed by atoms with Gasteiger partial charge >= 0.3 is 0 Å². The Morgan fingerprint density at radius 2 is 1.85 bits per heavy atom. The summed E-state index contributed by atoms with van der Waals surface area (Å²) in [4.78, 5) is 12.1. The first-order valence-corrected chi connectivity index (χ1v) is 7.22. The van der Waals surface area contributed by atoms with E-state index >= 15 is 0 Å². The molecule has 20 heavy (non-hydrogen) atoms. The predicted octanol–water partition coefficient (Wildman–Crippen LogP) is 1.76. The Bertz CT molecular complexity index is 353. The summed E-state index contributed by atoms with van der Waals surface area (Å²) in [6, 6.07) is 0. The van der Waals surface area contributed by atoms with Crippen molar-refractivity contribution in [2.45, 2.75) is 70.4 Å². The molecule has 0 aliphatic heterocycles. The maximum absolute atomic E-state index is 12.1. The maximum Gasteiger partial charge on any atom is 0.246 e. The molecule has 0 atom stereocenters. The van der Waals surface area contributed by atoms with E-state index in [0.29, 0.717) is 12.8 Å². The molecule has 0 radical (unpaired) electrons. The molecule has 1 saturated carbocycles. The van der Waals surface area contributed by atoms with E-state index in [2.05, 4.69) is 10.5 Å². The molecule has 1 fully saturated rings. The van der Waals surface area contributed by atoms with E-state index in [1.54, 1.807) is 0 Å². The lowest BCUT2D eigenvalue weighted by Crippen LogP contribution is -2.58. The minimum atomic E-state index is -0.733. The maximum atomic E-state index is 12.1. The first-order chi connectivity index (χ1) is 9.29. The smallest absolute Gasteiger partial charge is 0.246 e. The lowest BCUT2D eigenvalue weighted by atomic mass is 9.88. The summed E-state index contributed by atoms with van der Waals surface area (Å²) >= 11 is 0. The van der Waals surface area contributed by atoms with Crippen molar-refractivity contribution in [2.24, 2.45) is 10.9 Å². The molecule has 6 nitrogen and oxygen atoms in total. The van der Waals surface area contributed by atoms with Crippen LogP contribution >= 0.6 is 0 Å². The fourth-order valence-electron chi connectivity index (χ4n) is 2.46. The highest BCUT2D eigenvalue weighted by Crippen LogP contribution is 2.27. The summed E-state index contributed by atoms with van der Waals surface area (Å²) in [5.41, 5.74) is 4.72. The van der Waals surface area contributed by atoms with Crippen LogP contribution < -0.4 is 11.1 Å². The second-order valence-electron chi connectivity index (χ2n) is 6.43. The van der Waals surface area contributed by atoms with Crippen LogP contribution in [0, 0.1) is 0 Å². The molecule has 1 amide bonds. The Hall–Kier alpha value is -1.30. The Balaban J connectivity index is 2.72. The number of nitrogens with two attached hydrogens (primary N) is 1. The molecule has 1 aliphatic rings. The first-order valence-electron chi connectivity index (χ1n) is 7.22. The van der Waals surface area contributed by atoms with Gasteiger partial charge in [-0.1, -0.05) is 30.8 Å².